The number of hydrogen-bond acceptors (Lipinski definition) is 3. The van der Waals surface area contributed by atoms with Gasteiger partial charge in [0.15, 0.2) is 0 Å². The van der Waals surface area contributed by atoms with Gasteiger partial charge in [0.25, 0.3) is 0 Å². The van der Waals surface area contributed by atoms with Crippen LogP contribution in [0.25, 0.3) is 5.57 Å². The third-order valence-electron chi connectivity index (χ3n) is 3.97. The molecule has 3 rings (SSSR count). The zero-order valence-corrected chi connectivity index (χ0v) is 11.6. The molecule has 2 unspecified atom stereocenters. The minimum atomic E-state index is 0.309. The van der Waals surface area contributed by atoms with Gasteiger partial charge in [-0.3, -0.25) is 4.90 Å². The van der Waals surface area contributed by atoms with Gasteiger partial charge < -0.3 is 9.84 Å². The standard InChI is InChI=1S/C16H21NO2/c1-3-6-17-9-11(2)7-13-14-8-12(18)4-5-16(14)19-10-15(13)17/h4-5,7-8,11,15,18H,3,6,9-10H2,1-2H3. The third kappa shape index (κ3) is 2.23. The third-order valence-corrected chi connectivity index (χ3v) is 3.97. The van der Waals surface area contributed by atoms with E-state index in [4.69, 9.17) is 4.74 Å². The van der Waals surface area contributed by atoms with Crippen molar-refractivity contribution in [2.45, 2.75) is 26.3 Å². The van der Waals surface area contributed by atoms with Crippen LogP contribution < -0.4 is 4.74 Å². The predicted octanol–water partition coefficient (Wildman–Crippen LogP) is 2.90. The van der Waals surface area contributed by atoms with Crippen molar-refractivity contribution in [3.63, 3.8) is 0 Å². The molecular weight excluding hydrogens is 238 g/mol. The lowest BCUT2D eigenvalue weighted by Crippen LogP contribution is -2.47. The number of ether oxygens (including phenoxy) is 1. The van der Waals surface area contributed by atoms with E-state index < -0.39 is 0 Å². The van der Waals surface area contributed by atoms with Crippen LogP contribution in [0.1, 0.15) is 25.8 Å². The van der Waals surface area contributed by atoms with E-state index in [2.05, 4.69) is 24.8 Å². The van der Waals surface area contributed by atoms with E-state index >= 15 is 0 Å². The van der Waals surface area contributed by atoms with E-state index in [1.807, 2.05) is 12.1 Å². The van der Waals surface area contributed by atoms with Crippen LogP contribution in [-0.2, 0) is 0 Å². The molecule has 3 nitrogen and oxygen atoms in total. The van der Waals surface area contributed by atoms with Crippen molar-refractivity contribution in [2.24, 2.45) is 5.92 Å². The fourth-order valence-corrected chi connectivity index (χ4v) is 3.20. The van der Waals surface area contributed by atoms with E-state index in [9.17, 15) is 5.11 Å². The zero-order valence-electron chi connectivity index (χ0n) is 11.6. The van der Waals surface area contributed by atoms with Gasteiger partial charge in [-0.2, -0.15) is 0 Å². The number of phenolic OH excluding ortho intramolecular Hbond substituents is 1. The van der Waals surface area contributed by atoms with Crippen LogP contribution in [0.2, 0.25) is 0 Å². The topological polar surface area (TPSA) is 32.7 Å². The summed E-state index contributed by atoms with van der Waals surface area (Å²) in [6, 6.07) is 5.72. The minimum absolute atomic E-state index is 0.309. The highest BCUT2D eigenvalue weighted by Crippen LogP contribution is 2.40. The molecule has 0 amide bonds. The molecule has 0 spiro atoms. The van der Waals surface area contributed by atoms with Crippen LogP contribution in [0, 0.1) is 5.92 Å². The summed E-state index contributed by atoms with van der Waals surface area (Å²) in [6.07, 6.45) is 3.50. The molecule has 1 N–H and O–H groups in total. The molecule has 0 aliphatic carbocycles. The summed E-state index contributed by atoms with van der Waals surface area (Å²) in [4.78, 5) is 2.51. The molecule has 0 aromatic heterocycles. The number of rotatable bonds is 2. The zero-order chi connectivity index (χ0) is 13.4. The van der Waals surface area contributed by atoms with Crippen LogP contribution in [0.4, 0.5) is 0 Å². The van der Waals surface area contributed by atoms with Crippen molar-refractivity contribution in [2.75, 3.05) is 19.7 Å². The quantitative estimate of drug-likeness (QED) is 0.886. The van der Waals surface area contributed by atoms with Gasteiger partial charge in [-0.1, -0.05) is 19.9 Å². The number of hydrogen-bond donors (Lipinski definition) is 1. The second-order valence-corrected chi connectivity index (χ2v) is 5.60. The van der Waals surface area contributed by atoms with E-state index in [-0.39, 0.29) is 0 Å². The first-order valence-corrected chi connectivity index (χ1v) is 7.11. The Bertz CT molecular complexity index is 509. The molecule has 0 saturated carbocycles. The Morgan fingerprint density at radius 2 is 2.26 bits per heavy atom. The molecule has 2 aliphatic rings. The van der Waals surface area contributed by atoms with Crippen LogP contribution in [0.5, 0.6) is 11.5 Å². The van der Waals surface area contributed by atoms with Crippen molar-refractivity contribution < 1.29 is 9.84 Å². The fraction of sp³-hybridized carbons (Fsp3) is 0.500. The minimum Gasteiger partial charge on any atom is -0.508 e. The number of phenols is 1. The van der Waals surface area contributed by atoms with Crippen LogP contribution in [0.15, 0.2) is 24.3 Å². The van der Waals surface area contributed by atoms with Crippen molar-refractivity contribution in [1.29, 1.82) is 0 Å². The van der Waals surface area contributed by atoms with Gasteiger partial charge in [0.1, 0.15) is 18.1 Å². The fourth-order valence-electron chi connectivity index (χ4n) is 3.20. The normalized spacial score (nSPS) is 26.1. The van der Waals surface area contributed by atoms with E-state index in [1.165, 1.54) is 5.57 Å². The summed E-state index contributed by atoms with van der Waals surface area (Å²) in [5.74, 6) is 1.75. The Morgan fingerprint density at radius 1 is 1.42 bits per heavy atom. The molecule has 2 aliphatic heterocycles. The summed E-state index contributed by atoms with van der Waals surface area (Å²) in [5.41, 5.74) is 2.38. The maximum atomic E-state index is 9.72. The van der Waals surface area contributed by atoms with E-state index in [0.29, 0.717) is 17.7 Å². The lowest BCUT2D eigenvalue weighted by molar-refractivity contribution is 0.143. The molecule has 3 heteroatoms. The number of aromatic hydroxyl groups is 1. The Labute approximate surface area is 114 Å². The van der Waals surface area contributed by atoms with Crippen LogP contribution in [0.3, 0.4) is 0 Å². The number of fused-ring (bicyclic) bond motifs is 3. The van der Waals surface area contributed by atoms with Gasteiger partial charge in [-0.05, 0) is 42.7 Å². The number of benzene rings is 1. The Hall–Kier alpha value is -1.48. The van der Waals surface area contributed by atoms with Gasteiger partial charge in [-0.15, -0.1) is 0 Å². The maximum absolute atomic E-state index is 9.72. The SMILES string of the molecule is CCCN1CC(C)C=C2c3cc(O)ccc3OCC21. The highest BCUT2D eigenvalue weighted by atomic mass is 16.5. The molecule has 1 aromatic rings. The summed E-state index contributed by atoms with van der Waals surface area (Å²) in [7, 11) is 0. The molecular formula is C16H21NO2. The highest BCUT2D eigenvalue weighted by Gasteiger charge is 2.33. The van der Waals surface area contributed by atoms with Crippen LogP contribution in [-0.4, -0.2) is 35.7 Å². The first-order chi connectivity index (χ1) is 9.19. The summed E-state index contributed by atoms with van der Waals surface area (Å²) in [6.45, 7) is 7.38. The first kappa shape index (κ1) is 12.5. The lowest BCUT2D eigenvalue weighted by atomic mass is 9.87. The van der Waals surface area contributed by atoms with Crippen molar-refractivity contribution >= 4 is 5.57 Å². The summed E-state index contributed by atoms with van der Waals surface area (Å²) >= 11 is 0. The van der Waals surface area contributed by atoms with Crippen molar-refractivity contribution in [3.05, 3.63) is 29.8 Å². The average molecular weight is 259 g/mol. The molecule has 102 valence electrons. The van der Waals surface area contributed by atoms with Crippen molar-refractivity contribution in [3.8, 4) is 11.5 Å². The Balaban J connectivity index is 2.02. The Kier molecular flexibility index (Phi) is 3.23. The highest BCUT2D eigenvalue weighted by molar-refractivity contribution is 5.77. The van der Waals surface area contributed by atoms with Gasteiger partial charge in [-0.25, -0.2) is 0 Å². The molecule has 2 atom stereocenters. The smallest absolute Gasteiger partial charge is 0.127 e. The molecule has 0 radical (unpaired) electrons. The molecule has 0 fully saturated rings. The average Bonchev–Trinajstić information content (AvgIpc) is 2.39. The Morgan fingerprint density at radius 3 is 3.05 bits per heavy atom. The second kappa shape index (κ2) is 4.89. The molecule has 2 heterocycles. The number of nitrogens with zero attached hydrogens (tertiary/aromatic N) is 1. The van der Waals surface area contributed by atoms with Gasteiger partial charge in [0.05, 0.1) is 6.04 Å². The maximum Gasteiger partial charge on any atom is 0.127 e. The molecule has 0 bridgehead atoms. The summed E-state index contributed by atoms with van der Waals surface area (Å²) < 4.78 is 5.87. The molecule has 19 heavy (non-hydrogen) atoms. The van der Waals surface area contributed by atoms with Gasteiger partial charge >= 0.3 is 0 Å². The lowest BCUT2D eigenvalue weighted by Gasteiger charge is -2.41. The van der Waals surface area contributed by atoms with E-state index in [1.54, 1.807) is 6.07 Å². The van der Waals surface area contributed by atoms with E-state index in [0.717, 1.165) is 37.4 Å². The molecule has 1 aromatic carbocycles. The predicted molar refractivity (Wildman–Crippen MR) is 76.4 cm³/mol. The second-order valence-electron chi connectivity index (χ2n) is 5.60. The largest absolute Gasteiger partial charge is 0.508 e. The van der Waals surface area contributed by atoms with Gasteiger partial charge in [0, 0.05) is 12.1 Å². The monoisotopic (exact) mass is 259 g/mol. The molecule has 0 saturated heterocycles. The summed E-state index contributed by atoms with van der Waals surface area (Å²) in [5, 5.41) is 9.72. The first-order valence-electron chi connectivity index (χ1n) is 7.11. The van der Waals surface area contributed by atoms with Gasteiger partial charge in [0.2, 0.25) is 0 Å². The van der Waals surface area contributed by atoms with Crippen LogP contribution >= 0.6 is 0 Å². The van der Waals surface area contributed by atoms with Crippen molar-refractivity contribution in [1.82, 2.24) is 4.90 Å².